The molecule has 0 saturated carbocycles. The molecule has 0 unspecified atom stereocenters. The number of aromatic nitrogens is 1. The number of hydrogen-bond acceptors (Lipinski definition) is 7. The Labute approximate surface area is 226 Å². The number of halogens is 1. The van der Waals surface area contributed by atoms with E-state index in [-0.39, 0.29) is 18.0 Å². The number of hydrogen-bond donors (Lipinski definition) is 0. The minimum absolute atomic E-state index is 0.0259. The van der Waals surface area contributed by atoms with Crippen LogP contribution in [0.5, 0.6) is 0 Å². The fraction of sp³-hybridized carbons (Fsp3) is 0.321. The first-order valence-corrected chi connectivity index (χ1v) is 13.6. The molecule has 37 heavy (non-hydrogen) atoms. The van der Waals surface area contributed by atoms with Crippen LogP contribution < -0.4 is 0 Å². The first kappa shape index (κ1) is 27.1. The maximum atomic E-state index is 13.1. The standard InChI is InChI=1S/C28H30ClN3O4S/c1-35-28(34)22-7-5-20(6-8-22)19-36-25(21-9-11-23(29)12-10-21)18-31-14-16-32(17-15-31)27(33)24-4-3-13-30-26(24)37-2/h3-13,25H,14-19H2,1-2H3/t25-/m0/s1. The molecule has 0 radical (unpaired) electrons. The number of thioether (sulfide) groups is 1. The molecule has 7 nitrogen and oxygen atoms in total. The van der Waals surface area contributed by atoms with Crippen molar-refractivity contribution in [1.29, 1.82) is 0 Å². The summed E-state index contributed by atoms with van der Waals surface area (Å²) in [4.78, 5) is 33.3. The van der Waals surface area contributed by atoms with E-state index in [1.807, 2.05) is 53.6 Å². The van der Waals surface area contributed by atoms with E-state index >= 15 is 0 Å². The predicted molar refractivity (Wildman–Crippen MR) is 145 cm³/mol. The van der Waals surface area contributed by atoms with E-state index in [9.17, 15) is 9.59 Å². The SMILES string of the molecule is COC(=O)c1ccc(CO[C@@H](CN2CCN(C(=O)c3cccnc3SC)CC2)c2ccc(Cl)cc2)cc1. The molecule has 9 heteroatoms. The molecule has 0 bridgehead atoms. The van der Waals surface area contributed by atoms with E-state index in [0.29, 0.717) is 42.4 Å². The normalized spacial score (nSPS) is 14.8. The minimum Gasteiger partial charge on any atom is -0.465 e. The molecule has 0 N–H and O–H groups in total. The zero-order valence-corrected chi connectivity index (χ0v) is 22.5. The summed E-state index contributed by atoms with van der Waals surface area (Å²) in [6, 6.07) is 18.6. The number of amides is 1. The lowest BCUT2D eigenvalue weighted by Gasteiger charge is -2.36. The van der Waals surface area contributed by atoms with E-state index < -0.39 is 0 Å². The molecule has 1 aliphatic rings. The van der Waals surface area contributed by atoms with Crippen molar-refractivity contribution >= 4 is 35.2 Å². The lowest BCUT2D eigenvalue weighted by atomic mass is 10.1. The molecule has 1 aromatic heterocycles. The Bertz CT molecular complexity index is 1200. The lowest BCUT2D eigenvalue weighted by Crippen LogP contribution is -2.49. The highest BCUT2D eigenvalue weighted by Gasteiger charge is 2.26. The highest BCUT2D eigenvalue weighted by Crippen LogP contribution is 2.24. The predicted octanol–water partition coefficient (Wildman–Crippen LogP) is 4.96. The fourth-order valence-corrected chi connectivity index (χ4v) is 4.91. The van der Waals surface area contributed by atoms with Gasteiger partial charge in [0.1, 0.15) is 5.03 Å². The number of rotatable bonds is 9. The van der Waals surface area contributed by atoms with Crippen molar-refractivity contribution in [1.82, 2.24) is 14.8 Å². The van der Waals surface area contributed by atoms with Crippen LogP contribution in [0.2, 0.25) is 5.02 Å². The monoisotopic (exact) mass is 539 g/mol. The molecule has 0 spiro atoms. The van der Waals surface area contributed by atoms with Crippen molar-refractivity contribution in [3.63, 3.8) is 0 Å². The van der Waals surface area contributed by atoms with Gasteiger partial charge in [0.25, 0.3) is 5.91 Å². The van der Waals surface area contributed by atoms with Crippen LogP contribution >= 0.6 is 23.4 Å². The van der Waals surface area contributed by atoms with E-state index in [4.69, 9.17) is 21.1 Å². The summed E-state index contributed by atoms with van der Waals surface area (Å²) < 4.78 is 11.1. The molecule has 0 aliphatic carbocycles. The average Bonchev–Trinajstić information content (AvgIpc) is 2.95. The van der Waals surface area contributed by atoms with Gasteiger partial charge in [-0.25, -0.2) is 9.78 Å². The molecule has 1 saturated heterocycles. The molecule has 4 rings (SSSR count). The Balaban J connectivity index is 1.39. The van der Waals surface area contributed by atoms with Crippen molar-refractivity contribution in [2.45, 2.75) is 17.7 Å². The van der Waals surface area contributed by atoms with Gasteiger partial charge in [0.05, 0.1) is 30.9 Å². The van der Waals surface area contributed by atoms with Crippen LogP contribution in [0.1, 0.15) is 37.9 Å². The number of piperazine rings is 1. The lowest BCUT2D eigenvalue weighted by molar-refractivity contribution is 0.00336. The molecule has 3 aromatic rings. The Morgan fingerprint density at radius 1 is 1.03 bits per heavy atom. The van der Waals surface area contributed by atoms with Crippen molar-refractivity contribution in [3.05, 3.63) is 94.1 Å². The van der Waals surface area contributed by atoms with Gasteiger partial charge < -0.3 is 14.4 Å². The summed E-state index contributed by atoms with van der Waals surface area (Å²) in [7, 11) is 1.37. The van der Waals surface area contributed by atoms with Crippen LogP contribution in [-0.4, -0.2) is 72.7 Å². The highest BCUT2D eigenvalue weighted by atomic mass is 35.5. The Morgan fingerprint density at radius 2 is 1.73 bits per heavy atom. The van der Waals surface area contributed by atoms with Gasteiger partial charge in [-0.2, -0.15) is 0 Å². The summed E-state index contributed by atoms with van der Waals surface area (Å²) >= 11 is 7.60. The first-order valence-electron chi connectivity index (χ1n) is 12.0. The molecular formula is C28H30ClN3O4S. The quantitative estimate of drug-likeness (QED) is 0.281. The highest BCUT2D eigenvalue weighted by molar-refractivity contribution is 7.98. The summed E-state index contributed by atoms with van der Waals surface area (Å²) in [6.45, 7) is 3.87. The number of ether oxygens (including phenoxy) is 2. The van der Waals surface area contributed by atoms with Crippen molar-refractivity contribution in [3.8, 4) is 0 Å². The summed E-state index contributed by atoms with van der Waals surface area (Å²) in [5.74, 6) is -0.338. The van der Waals surface area contributed by atoms with E-state index in [2.05, 4.69) is 9.88 Å². The molecule has 1 amide bonds. The number of carbonyl (C=O) groups excluding carboxylic acids is 2. The van der Waals surface area contributed by atoms with E-state index in [1.54, 1.807) is 24.4 Å². The molecular weight excluding hydrogens is 510 g/mol. The fourth-order valence-electron chi connectivity index (χ4n) is 4.24. The largest absolute Gasteiger partial charge is 0.465 e. The third kappa shape index (κ3) is 7.11. The van der Waals surface area contributed by atoms with Gasteiger partial charge in [0, 0.05) is 43.9 Å². The second-order valence-corrected chi connectivity index (χ2v) is 9.92. The van der Waals surface area contributed by atoms with E-state index in [0.717, 1.165) is 29.2 Å². The Kier molecular flexibility index (Phi) is 9.57. The molecule has 1 atom stereocenters. The van der Waals surface area contributed by atoms with Crippen molar-refractivity contribution in [2.75, 3.05) is 46.1 Å². The van der Waals surface area contributed by atoms with E-state index in [1.165, 1.54) is 18.9 Å². The van der Waals surface area contributed by atoms with Crippen LogP contribution in [0.25, 0.3) is 0 Å². The molecule has 1 aliphatic heterocycles. The summed E-state index contributed by atoms with van der Waals surface area (Å²) in [5.41, 5.74) is 3.16. The maximum absolute atomic E-state index is 13.1. The third-order valence-electron chi connectivity index (χ3n) is 6.35. The van der Waals surface area contributed by atoms with Gasteiger partial charge in [-0.05, 0) is 53.8 Å². The first-order chi connectivity index (χ1) is 18.0. The molecule has 194 valence electrons. The average molecular weight is 540 g/mol. The van der Waals surface area contributed by atoms with Gasteiger partial charge >= 0.3 is 5.97 Å². The second kappa shape index (κ2) is 13.1. The smallest absolute Gasteiger partial charge is 0.337 e. The van der Waals surface area contributed by atoms with Gasteiger partial charge in [-0.15, -0.1) is 11.8 Å². The van der Waals surface area contributed by atoms with Gasteiger partial charge in [0.2, 0.25) is 0 Å². The number of carbonyl (C=O) groups is 2. The van der Waals surface area contributed by atoms with Crippen LogP contribution in [-0.2, 0) is 16.1 Å². The molecule has 2 heterocycles. The van der Waals surface area contributed by atoms with Crippen LogP contribution in [0.3, 0.4) is 0 Å². The number of nitrogens with zero attached hydrogens (tertiary/aromatic N) is 3. The van der Waals surface area contributed by atoms with Crippen LogP contribution in [0.15, 0.2) is 71.9 Å². The number of esters is 1. The minimum atomic E-state index is -0.364. The second-order valence-electron chi connectivity index (χ2n) is 8.69. The van der Waals surface area contributed by atoms with Gasteiger partial charge in [0.15, 0.2) is 0 Å². The topological polar surface area (TPSA) is 72.0 Å². The van der Waals surface area contributed by atoms with Crippen LogP contribution in [0.4, 0.5) is 0 Å². The molecule has 2 aromatic carbocycles. The summed E-state index contributed by atoms with van der Waals surface area (Å²) in [6.07, 6.45) is 3.47. The third-order valence-corrected chi connectivity index (χ3v) is 7.31. The van der Waals surface area contributed by atoms with Gasteiger partial charge in [-0.1, -0.05) is 35.9 Å². The van der Waals surface area contributed by atoms with Crippen LogP contribution in [0, 0.1) is 0 Å². The Morgan fingerprint density at radius 3 is 2.38 bits per heavy atom. The number of methoxy groups -OCH3 is 1. The Hall–Kier alpha value is -2.91. The maximum Gasteiger partial charge on any atom is 0.337 e. The number of pyridine rings is 1. The van der Waals surface area contributed by atoms with Gasteiger partial charge in [-0.3, -0.25) is 9.69 Å². The van der Waals surface area contributed by atoms with Crippen molar-refractivity contribution < 1.29 is 19.1 Å². The summed E-state index contributed by atoms with van der Waals surface area (Å²) in [5, 5.41) is 1.43. The molecule has 1 fully saturated rings. The number of benzene rings is 2. The zero-order valence-electron chi connectivity index (χ0n) is 20.9. The van der Waals surface area contributed by atoms with Crippen molar-refractivity contribution in [2.24, 2.45) is 0 Å². The zero-order chi connectivity index (χ0) is 26.2.